The van der Waals surface area contributed by atoms with E-state index in [1.807, 2.05) is 10.7 Å². The molecule has 0 bridgehead atoms. The summed E-state index contributed by atoms with van der Waals surface area (Å²) >= 11 is 0. The predicted molar refractivity (Wildman–Crippen MR) is 83.8 cm³/mol. The molecule has 4 heteroatoms. The van der Waals surface area contributed by atoms with Crippen LogP contribution in [0.2, 0.25) is 0 Å². The van der Waals surface area contributed by atoms with E-state index in [4.69, 9.17) is 0 Å². The number of hydrogen-bond acceptors (Lipinski definition) is 2. The van der Waals surface area contributed by atoms with Crippen molar-refractivity contribution < 1.29 is 4.39 Å². The molecule has 0 aliphatic heterocycles. The Morgan fingerprint density at radius 3 is 2.67 bits per heavy atom. The maximum Gasteiger partial charge on any atom is 0.123 e. The summed E-state index contributed by atoms with van der Waals surface area (Å²) in [5.41, 5.74) is 3.13. The maximum atomic E-state index is 13.6. The molecule has 114 valence electrons. The van der Waals surface area contributed by atoms with E-state index in [-0.39, 0.29) is 11.9 Å². The summed E-state index contributed by atoms with van der Waals surface area (Å²) in [7, 11) is 0. The summed E-state index contributed by atoms with van der Waals surface area (Å²) in [5, 5.41) is 8.12. The smallest absolute Gasteiger partial charge is 0.123 e. The van der Waals surface area contributed by atoms with Crippen LogP contribution in [0.3, 0.4) is 0 Å². The molecule has 21 heavy (non-hydrogen) atoms. The van der Waals surface area contributed by atoms with Gasteiger partial charge in [0.05, 0.1) is 17.4 Å². The van der Waals surface area contributed by atoms with Gasteiger partial charge >= 0.3 is 0 Å². The summed E-state index contributed by atoms with van der Waals surface area (Å²) in [5.74, 6) is -0.200. The number of aromatic nitrogens is 2. The van der Waals surface area contributed by atoms with E-state index in [0.717, 1.165) is 42.9 Å². The van der Waals surface area contributed by atoms with Gasteiger partial charge < -0.3 is 5.32 Å². The standard InChI is InChI=1S/C17H24FN3/c1-4-10-19-17(13-8-7-9-14(18)11-13)16-12-15(5-2)20-21(16)6-3/h7-9,11-12,17,19H,4-6,10H2,1-3H3. The SMILES string of the molecule is CCCNC(c1cccc(F)c1)c1cc(CC)nn1CC. The highest BCUT2D eigenvalue weighted by molar-refractivity contribution is 5.29. The van der Waals surface area contributed by atoms with Crippen molar-refractivity contribution in [2.24, 2.45) is 0 Å². The van der Waals surface area contributed by atoms with E-state index in [1.54, 1.807) is 12.1 Å². The number of nitrogens with zero attached hydrogens (tertiary/aromatic N) is 2. The van der Waals surface area contributed by atoms with E-state index in [2.05, 4.69) is 37.3 Å². The fourth-order valence-electron chi connectivity index (χ4n) is 2.51. The van der Waals surface area contributed by atoms with Gasteiger partial charge in [0.1, 0.15) is 5.82 Å². The summed E-state index contributed by atoms with van der Waals surface area (Å²) in [6.45, 7) is 8.01. The topological polar surface area (TPSA) is 29.9 Å². The molecule has 0 saturated heterocycles. The number of halogens is 1. The van der Waals surface area contributed by atoms with Crippen molar-refractivity contribution in [3.63, 3.8) is 0 Å². The number of aryl methyl sites for hydroxylation is 2. The van der Waals surface area contributed by atoms with Crippen molar-refractivity contribution in [2.75, 3.05) is 6.54 Å². The highest BCUT2D eigenvalue weighted by Gasteiger charge is 2.19. The average Bonchev–Trinajstić information content (AvgIpc) is 2.91. The predicted octanol–water partition coefficient (Wildman–Crippen LogP) is 3.69. The van der Waals surface area contributed by atoms with Crippen molar-refractivity contribution in [3.8, 4) is 0 Å². The van der Waals surface area contributed by atoms with E-state index >= 15 is 0 Å². The van der Waals surface area contributed by atoms with Crippen LogP contribution in [0.4, 0.5) is 4.39 Å². The molecule has 3 nitrogen and oxygen atoms in total. The molecule has 0 amide bonds. The molecule has 0 saturated carbocycles. The molecule has 2 rings (SSSR count). The molecule has 1 heterocycles. The van der Waals surface area contributed by atoms with Gasteiger partial charge in [-0.3, -0.25) is 4.68 Å². The summed E-state index contributed by atoms with van der Waals surface area (Å²) in [6.07, 6.45) is 1.94. The van der Waals surface area contributed by atoms with E-state index < -0.39 is 0 Å². The zero-order chi connectivity index (χ0) is 15.2. The molecule has 0 fully saturated rings. The van der Waals surface area contributed by atoms with Crippen molar-refractivity contribution in [2.45, 2.75) is 46.2 Å². The van der Waals surface area contributed by atoms with Crippen molar-refractivity contribution in [1.82, 2.24) is 15.1 Å². The van der Waals surface area contributed by atoms with Crippen LogP contribution in [0, 0.1) is 5.82 Å². The first-order valence-electron chi connectivity index (χ1n) is 7.75. The van der Waals surface area contributed by atoms with Crippen molar-refractivity contribution >= 4 is 0 Å². The fourth-order valence-corrected chi connectivity index (χ4v) is 2.51. The van der Waals surface area contributed by atoms with Crippen LogP contribution < -0.4 is 5.32 Å². The van der Waals surface area contributed by atoms with Crippen LogP contribution in [0.5, 0.6) is 0 Å². The van der Waals surface area contributed by atoms with Crippen molar-refractivity contribution in [1.29, 1.82) is 0 Å². The molecule has 0 aliphatic carbocycles. The zero-order valence-electron chi connectivity index (χ0n) is 13.1. The Kier molecular flexibility index (Phi) is 5.51. The van der Waals surface area contributed by atoms with Crippen LogP contribution in [-0.4, -0.2) is 16.3 Å². The van der Waals surface area contributed by atoms with Crippen LogP contribution in [0.15, 0.2) is 30.3 Å². The molecule has 1 aromatic heterocycles. The Morgan fingerprint density at radius 2 is 2.05 bits per heavy atom. The molecule has 1 aromatic carbocycles. The second kappa shape index (κ2) is 7.36. The van der Waals surface area contributed by atoms with Gasteiger partial charge in [-0.05, 0) is 50.1 Å². The molecule has 0 radical (unpaired) electrons. The Hall–Kier alpha value is -1.68. The van der Waals surface area contributed by atoms with Crippen LogP contribution in [0.1, 0.15) is 50.2 Å². The minimum Gasteiger partial charge on any atom is -0.305 e. The van der Waals surface area contributed by atoms with Gasteiger partial charge in [-0.1, -0.05) is 26.0 Å². The molecule has 0 spiro atoms. The third-order valence-corrected chi connectivity index (χ3v) is 3.60. The molecule has 0 aliphatic rings. The highest BCUT2D eigenvalue weighted by Crippen LogP contribution is 2.24. The number of nitrogens with one attached hydrogen (secondary N) is 1. The third-order valence-electron chi connectivity index (χ3n) is 3.60. The van der Waals surface area contributed by atoms with Gasteiger partial charge in [-0.25, -0.2) is 4.39 Å². The van der Waals surface area contributed by atoms with E-state index in [1.165, 1.54) is 6.07 Å². The first-order valence-corrected chi connectivity index (χ1v) is 7.75. The van der Waals surface area contributed by atoms with Crippen LogP contribution >= 0.6 is 0 Å². The second-order valence-electron chi connectivity index (χ2n) is 5.17. The maximum absolute atomic E-state index is 13.6. The zero-order valence-corrected chi connectivity index (χ0v) is 13.1. The van der Waals surface area contributed by atoms with Gasteiger partial charge in [0.2, 0.25) is 0 Å². The van der Waals surface area contributed by atoms with E-state index in [0.29, 0.717) is 0 Å². The lowest BCUT2D eigenvalue weighted by atomic mass is 10.0. The molecule has 1 N–H and O–H groups in total. The summed E-state index contributed by atoms with van der Waals surface area (Å²) in [4.78, 5) is 0. The Balaban J connectivity index is 2.42. The summed E-state index contributed by atoms with van der Waals surface area (Å²) in [6, 6.07) is 8.92. The van der Waals surface area contributed by atoms with E-state index in [9.17, 15) is 4.39 Å². The average molecular weight is 289 g/mol. The molecule has 1 atom stereocenters. The monoisotopic (exact) mass is 289 g/mol. The second-order valence-corrected chi connectivity index (χ2v) is 5.17. The fraction of sp³-hybridized carbons (Fsp3) is 0.471. The van der Waals surface area contributed by atoms with Gasteiger partial charge in [-0.2, -0.15) is 5.10 Å². The van der Waals surface area contributed by atoms with Gasteiger partial charge in [0.25, 0.3) is 0 Å². The quantitative estimate of drug-likeness (QED) is 0.842. The summed E-state index contributed by atoms with van der Waals surface area (Å²) < 4.78 is 15.6. The highest BCUT2D eigenvalue weighted by atomic mass is 19.1. The van der Waals surface area contributed by atoms with Gasteiger partial charge in [-0.15, -0.1) is 0 Å². The minimum atomic E-state index is -0.200. The normalized spacial score (nSPS) is 12.6. The first kappa shape index (κ1) is 15.7. The molecule has 2 aromatic rings. The Bertz CT molecular complexity index is 577. The third kappa shape index (κ3) is 3.70. The lowest BCUT2D eigenvalue weighted by molar-refractivity contribution is 0.525. The number of rotatable bonds is 7. The Labute approximate surface area is 126 Å². The largest absolute Gasteiger partial charge is 0.305 e. The van der Waals surface area contributed by atoms with Gasteiger partial charge in [0, 0.05) is 6.54 Å². The number of hydrogen-bond donors (Lipinski definition) is 1. The molecule has 1 unspecified atom stereocenters. The molecular formula is C17H24FN3. The van der Waals surface area contributed by atoms with Gasteiger partial charge in [0.15, 0.2) is 0 Å². The first-order chi connectivity index (χ1) is 10.2. The van der Waals surface area contributed by atoms with Crippen LogP contribution in [0.25, 0.3) is 0 Å². The van der Waals surface area contributed by atoms with Crippen molar-refractivity contribution in [3.05, 3.63) is 53.1 Å². The number of benzene rings is 1. The lowest BCUT2D eigenvalue weighted by Gasteiger charge is -2.20. The van der Waals surface area contributed by atoms with Crippen LogP contribution in [-0.2, 0) is 13.0 Å². The molecular weight excluding hydrogens is 265 g/mol. The lowest BCUT2D eigenvalue weighted by Crippen LogP contribution is -2.25. The minimum absolute atomic E-state index is 0.0200. The Morgan fingerprint density at radius 1 is 1.24 bits per heavy atom.